The minimum atomic E-state index is 0.746. The van der Waals surface area contributed by atoms with E-state index in [0.29, 0.717) is 0 Å². The molecule has 0 aliphatic rings. The Hall–Kier alpha value is -1.91. The fraction of sp³-hybridized carbons (Fsp3) is 0.300. The van der Waals surface area contributed by atoms with Crippen molar-refractivity contribution in [2.45, 2.75) is 20.8 Å². The lowest BCUT2D eigenvalue weighted by atomic mass is 10.3. The average Bonchev–Trinajstić information content (AvgIpc) is 2.58. The monoisotopic (exact) mass is 203 g/mol. The van der Waals surface area contributed by atoms with Crippen LogP contribution in [-0.2, 0) is 0 Å². The second-order valence-corrected chi connectivity index (χ2v) is 3.51. The highest BCUT2D eigenvalue weighted by Crippen LogP contribution is 2.15. The Balaban J connectivity index is 2.27. The summed E-state index contributed by atoms with van der Waals surface area (Å²) in [6.07, 6.45) is 1.80. The summed E-state index contributed by atoms with van der Waals surface area (Å²) in [5.74, 6) is 2.32. The van der Waals surface area contributed by atoms with Crippen molar-refractivity contribution in [2.24, 2.45) is 0 Å². The van der Waals surface area contributed by atoms with Crippen LogP contribution in [0.3, 0.4) is 0 Å². The SMILES string of the molecule is Cc1ncc(C)c(Nc2cc(C)[nH]n2)n1. The van der Waals surface area contributed by atoms with Crippen molar-refractivity contribution in [3.05, 3.63) is 29.3 Å². The zero-order valence-corrected chi connectivity index (χ0v) is 9.00. The van der Waals surface area contributed by atoms with Crippen molar-refractivity contribution in [1.29, 1.82) is 0 Å². The fourth-order valence-electron chi connectivity index (χ4n) is 1.26. The standard InChI is InChI=1S/C10H13N5/c1-6-5-11-8(3)12-10(6)13-9-4-7(2)14-15-9/h4-5H,1-3H3,(H2,11,12,13,14,15). The van der Waals surface area contributed by atoms with Crippen molar-refractivity contribution in [2.75, 3.05) is 5.32 Å². The predicted octanol–water partition coefficient (Wildman–Crippen LogP) is 1.87. The summed E-state index contributed by atoms with van der Waals surface area (Å²) in [4.78, 5) is 8.41. The molecule has 0 bridgehead atoms. The number of aromatic nitrogens is 4. The number of aryl methyl sites for hydroxylation is 3. The van der Waals surface area contributed by atoms with E-state index in [9.17, 15) is 0 Å². The number of aromatic amines is 1. The Morgan fingerprint density at radius 2 is 2.07 bits per heavy atom. The first kappa shape index (κ1) is 9.64. The quantitative estimate of drug-likeness (QED) is 0.781. The summed E-state index contributed by atoms with van der Waals surface area (Å²) in [6, 6.07) is 1.93. The number of anilines is 2. The van der Waals surface area contributed by atoms with Gasteiger partial charge in [0.2, 0.25) is 0 Å². The van der Waals surface area contributed by atoms with Crippen LogP contribution >= 0.6 is 0 Å². The Morgan fingerprint density at radius 1 is 1.27 bits per heavy atom. The molecule has 0 spiro atoms. The molecule has 0 atom stereocenters. The molecule has 0 aliphatic heterocycles. The molecule has 0 aliphatic carbocycles. The van der Waals surface area contributed by atoms with E-state index in [-0.39, 0.29) is 0 Å². The van der Waals surface area contributed by atoms with Gasteiger partial charge < -0.3 is 5.32 Å². The molecule has 5 heteroatoms. The first-order valence-corrected chi connectivity index (χ1v) is 4.74. The zero-order chi connectivity index (χ0) is 10.8. The van der Waals surface area contributed by atoms with Gasteiger partial charge in [-0.3, -0.25) is 5.10 Å². The molecule has 0 saturated carbocycles. The molecule has 0 radical (unpaired) electrons. The third kappa shape index (κ3) is 2.12. The van der Waals surface area contributed by atoms with E-state index in [1.807, 2.05) is 26.8 Å². The Bertz CT molecular complexity index is 474. The van der Waals surface area contributed by atoms with Crippen LogP contribution in [0.2, 0.25) is 0 Å². The summed E-state index contributed by atoms with van der Waals surface area (Å²) in [5.41, 5.74) is 2.02. The third-order valence-corrected chi connectivity index (χ3v) is 2.04. The number of rotatable bonds is 2. The maximum absolute atomic E-state index is 4.30. The highest BCUT2D eigenvalue weighted by atomic mass is 15.2. The number of hydrogen-bond acceptors (Lipinski definition) is 4. The molecule has 0 unspecified atom stereocenters. The molecule has 2 rings (SSSR count). The van der Waals surface area contributed by atoms with E-state index in [4.69, 9.17) is 0 Å². The molecule has 2 aromatic heterocycles. The molecule has 0 amide bonds. The van der Waals surface area contributed by atoms with Gasteiger partial charge in [-0.15, -0.1) is 0 Å². The molecule has 0 aromatic carbocycles. The molecule has 2 heterocycles. The first-order valence-electron chi connectivity index (χ1n) is 4.74. The smallest absolute Gasteiger partial charge is 0.153 e. The van der Waals surface area contributed by atoms with Crippen molar-refractivity contribution in [1.82, 2.24) is 20.2 Å². The Morgan fingerprint density at radius 3 is 2.73 bits per heavy atom. The molecule has 5 nitrogen and oxygen atoms in total. The number of nitrogens with zero attached hydrogens (tertiary/aromatic N) is 3. The maximum atomic E-state index is 4.30. The normalized spacial score (nSPS) is 10.3. The highest BCUT2D eigenvalue weighted by molar-refractivity contribution is 5.54. The highest BCUT2D eigenvalue weighted by Gasteiger charge is 2.03. The van der Waals surface area contributed by atoms with Gasteiger partial charge in [-0.1, -0.05) is 0 Å². The van der Waals surface area contributed by atoms with Gasteiger partial charge in [0.05, 0.1) is 0 Å². The number of hydrogen-bond donors (Lipinski definition) is 2. The van der Waals surface area contributed by atoms with E-state index in [1.54, 1.807) is 6.20 Å². The van der Waals surface area contributed by atoms with Crippen LogP contribution in [0.15, 0.2) is 12.3 Å². The first-order chi connectivity index (χ1) is 7.15. The molecular formula is C10H13N5. The van der Waals surface area contributed by atoms with Gasteiger partial charge in [-0.05, 0) is 20.8 Å². The van der Waals surface area contributed by atoms with E-state index < -0.39 is 0 Å². The van der Waals surface area contributed by atoms with Crippen LogP contribution in [0.25, 0.3) is 0 Å². The van der Waals surface area contributed by atoms with Gasteiger partial charge >= 0.3 is 0 Å². The van der Waals surface area contributed by atoms with Gasteiger partial charge in [0, 0.05) is 23.5 Å². The molecule has 2 aromatic rings. The Kier molecular flexibility index (Phi) is 2.37. The van der Waals surface area contributed by atoms with Crippen molar-refractivity contribution < 1.29 is 0 Å². The minimum absolute atomic E-state index is 0.746. The van der Waals surface area contributed by atoms with Crippen molar-refractivity contribution in [3.63, 3.8) is 0 Å². The largest absolute Gasteiger partial charge is 0.323 e. The van der Waals surface area contributed by atoms with Gasteiger partial charge in [0.25, 0.3) is 0 Å². The van der Waals surface area contributed by atoms with Crippen LogP contribution in [-0.4, -0.2) is 20.2 Å². The zero-order valence-electron chi connectivity index (χ0n) is 9.00. The molecule has 2 N–H and O–H groups in total. The predicted molar refractivity (Wildman–Crippen MR) is 58.1 cm³/mol. The topological polar surface area (TPSA) is 66.5 Å². The average molecular weight is 203 g/mol. The van der Waals surface area contributed by atoms with Gasteiger partial charge in [0.15, 0.2) is 5.82 Å². The van der Waals surface area contributed by atoms with Gasteiger partial charge in [0.1, 0.15) is 11.6 Å². The van der Waals surface area contributed by atoms with Crippen LogP contribution < -0.4 is 5.32 Å². The lowest BCUT2D eigenvalue weighted by Crippen LogP contribution is -1.99. The number of H-pyrrole nitrogens is 1. The van der Waals surface area contributed by atoms with Crippen molar-refractivity contribution in [3.8, 4) is 0 Å². The molecule has 0 saturated heterocycles. The summed E-state index contributed by atoms with van der Waals surface area (Å²) in [6.45, 7) is 5.78. The summed E-state index contributed by atoms with van der Waals surface area (Å²) in [7, 11) is 0. The van der Waals surface area contributed by atoms with E-state index >= 15 is 0 Å². The summed E-state index contributed by atoms with van der Waals surface area (Å²) in [5, 5.41) is 10.1. The van der Waals surface area contributed by atoms with Crippen LogP contribution in [0, 0.1) is 20.8 Å². The maximum Gasteiger partial charge on any atom is 0.153 e. The minimum Gasteiger partial charge on any atom is -0.323 e. The third-order valence-electron chi connectivity index (χ3n) is 2.04. The summed E-state index contributed by atoms with van der Waals surface area (Å²) < 4.78 is 0. The molecule has 0 fully saturated rings. The molecule has 78 valence electrons. The lowest BCUT2D eigenvalue weighted by molar-refractivity contribution is 1.02. The van der Waals surface area contributed by atoms with Crippen LogP contribution in [0.5, 0.6) is 0 Å². The van der Waals surface area contributed by atoms with Crippen molar-refractivity contribution >= 4 is 11.6 Å². The van der Waals surface area contributed by atoms with Crippen LogP contribution in [0.4, 0.5) is 11.6 Å². The summed E-state index contributed by atoms with van der Waals surface area (Å²) >= 11 is 0. The van der Waals surface area contributed by atoms with Gasteiger partial charge in [-0.25, -0.2) is 9.97 Å². The second kappa shape index (κ2) is 3.68. The fourth-order valence-corrected chi connectivity index (χ4v) is 1.26. The van der Waals surface area contributed by atoms with E-state index in [0.717, 1.165) is 28.7 Å². The van der Waals surface area contributed by atoms with Crippen LogP contribution in [0.1, 0.15) is 17.1 Å². The number of nitrogens with one attached hydrogen (secondary N) is 2. The van der Waals surface area contributed by atoms with E-state index in [2.05, 4.69) is 25.5 Å². The second-order valence-electron chi connectivity index (χ2n) is 3.51. The molecular weight excluding hydrogens is 190 g/mol. The molecule has 15 heavy (non-hydrogen) atoms. The lowest BCUT2D eigenvalue weighted by Gasteiger charge is -2.05. The van der Waals surface area contributed by atoms with Gasteiger partial charge in [-0.2, -0.15) is 5.10 Å². The Labute approximate surface area is 88.0 Å². The van der Waals surface area contributed by atoms with E-state index in [1.165, 1.54) is 0 Å².